The topological polar surface area (TPSA) is 86.8 Å². The van der Waals surface area contributed by atoms with Crippen LogP contribution in [0.25, 0.3) is 0 Å². The number of benzene rings is 3. The molecule has 0 spiro atoms. The normalized spacial score (nSPS) is 14.7. The van der Waals surface area contributed by atoms with E-state index in [1.807, 2.05) is 64.1 Å². The van der Waals surface area contributed by atoms with E-state index in [2.05, 4.69) is 5.32 Å². The third-order valence-electron chi connectivity index (χ3n) is 8.02. The van der Waals surface area contributed by atoms with E-state index in [1.54, 1.807) is 29.2 Å². The molecule has 224 valence electrons. The van der Waals surface area contributed by atoms with Gasteiger partial charge in [-0.15, -0.1) is 0 Å². The van der Waals surface area contributed by atoms with E-state index in [-0.39, 0.29) is 23.4 Å². The number of nitrogens with one attached hydrogen (secondary N) is 1. The first-order chi connectivity index (χ1) is 20.1. The molecule has 2 amide bonds. The predicted octanol–water partition coefficient (Wildman–Crippen LogP) is 6.06. The van der Waals surface area contributed by atoms with E-state index >= 15 is 0 Å². The average molecular weight is 590 g/mol. The van der Waals surface area contributed by atoms with Crippen molar-refractivity contribution >= 4 is 27.5 Å². The summed E-state index contributed by atoms with van der Waals surface area (Å²) in [5, 5.41) is 3.20. The van der Waals surface area contributed by atoms with Crippen LogP contribution in [0.5, 0.6) is 0 Å². The number of hydrogen-bond donors (Lipinski definition) is 1. The van der Waals surface area contributed by atoms with Crippen LogP contribution in [0.3, 0.4) is 0 Å². The molecule has 0 aliphatic heterocycles. The summed E-state index contributed by atoms with van der Waals surface area (Å²) in [6.07, 6.45) is 5.61. The molecule has 1 N–H and O–H groups in total. The number of nitrogens with zero attached hydrogens (tertiary/aromatic N) is 2. The molecule has 42 heavy (non-hydrogen) atoms. The molecule has 1 saturated carbocycles. The van der Waals surface area contributed by atoms with Gasteiger partial charge in [-0.25, -0.2) is 8.42 Å². The molecule has 0 radical (unpaired) electrons. The van der Waals surface area contributed by atoms with Crippen LogP contribution >= 0.6 is 0 Å². The van der Waals surface area contributed by atoms with Crippen molar-refractivity contribution in [2.24, 2.45) is 0 Å². The molecular formula is C34H43N3O4S. The van der Waals surface area contributed by atoms with Crippen molar-refractivity contribution in [3.63, 3.8) is 0 Å². The number of aryl methyl sites for hydroxylation is 3. The summed E-state index contributed by atoms with van der Waals surface area (Å²) in [4.78, 5) is 29.7. The van der Waals surface area contributed by atoms with Crippen molar-refractivity contribution in [1.82, 2.24) is 10.2 Å². The molecule has 0 heterocycles. The highest BCUT2D eigenvalue weighted by Crippen LogP contribution is 2.29. The summed E-state index contributed by atoms with van der Waals surface area (Å²) in [6, 6.07) is 20.9. The van der Waals surface area contributed by atoms with Gasteiger partial charge >= 0.3 is 0 Å². The van der Waals surface area contributed by atoms with Crippen LogP contribution < -0.4 is 9.62 Å². The minimum atomic E-state index is -4.09. The van der Waals surface area contributed by atoms with Gasteiger partial charge in [-0.2, -0.15) is 0 Å². The van der Waals surface area contributed by atoms with Crippen LogP contribution in [0.15, 0.2) is 77.7 Å². The van der Waals surface area contributed by atoms with Gasteiger partial charge in [0.2, 0.25) is 11.8 Å². The predicted molar refractivity (Wildman–Crippen MR) is 168 cm³/mol. The minimum absolute atomic E-state index is 0.0983. The number of carbonyl (C=O) groups excluding carboxylic acids is 2. The summed E-state index contributed by atoms with van der Waals surface area (Å²) in [7, 11) is -4.09. The quantitative estimate of drug-likeness (QED) is 0.294. The first-order valence-corrected chi connectivity index (χ1v) is 16.3. The van der Waals surface area contributed by atoms with Gasteiger partial charge in [-0.1, -0.05) is 86.3 Å². The molecule has 0 saturated heterocycles. The lowest BCUT2D eigenvalue weighted by atomic mass is 9.95. The van der Waals surface area contributed by atoms with E-state index in [1.165, 1.54) is 22.9 Å². The van der Waals surface area contributed by atoms with Crippen molar-refractivity contribution in [3.05, 3.63) is 95.1 Å². The molecule has 4 rings (SSSR count). The van der Waals surface area contributed by atoms with Crippen molar-refractivity contribution < 1.29 is 18.0 Å². The summed E-state index contributed by atoms with van der Waals surface area (Å²) >= 11 is 0. The Bertz CT molecular complexity index is 1480. The maximum atomic E-state index is 14.3. The monoisotopic (exact) mass is 589 g/mol. The fourth-order valence-corrected chi connectivity index (χ4v) is 7.18. The lowest BCUT2D eigenvalue weighted by Gasteiger charge is -2.35. The lowest BCUT2D eigenvalue weighted by Crippen LogP contribution is -2.54. The van der Waals surface area contributed by atoms with Gasteiger partial charge in [0.05, 0.1) is 10.6 Å². The van der Waals surface area contributed by atoms with Gasteiger partial charge in [0, 0.05) is 12.6 Å². The highest BCUT2D eigenvalue weighted by atomic mass is 32.2. The number of rotatable bonds is 11. The number of amides is 2. The van der Waals surface area contributed by atoms with Crippen LogP contribution in [0, 0.1) is 20.8 Å². The zero-order valence-corrected chi connectivity index (χ0v) is 26.0. The maximum absolute atomic E-state index is 14.3. The number of carbonyl (C=O) groups is 2. The third-order valence-corrected chi connectivity index (χ3v) is 9.79. The van der Waals surface area contributed by atoms with Crippen LogP contribution in [0.1, 0.15) is 67.7 Å². The molecule has 1 atom stereocenters. The van der Waals surface area contributed by atoms with E-state index < -0.39 is 28.5 Å². The number of sulfonamides is 1. The molecule has 3 aromatic carbocycles. The van der Waals surface area contributed by atoms with Crippen LogP contribution in [-0.4, -0.2) is 43.8 Å². The smallest absolute Gasteiger partial charge is 0.264 e. The van der Waals surface area contributed by atoms with Gasteiger partial charge in [0.1, 0.15) is 12.6 Å². The Kier molecular flexibility index (Phi) is 10.4. The zero-order valence-electron chi connectivity index (χ0n) is 25.2. The van der Waals surface area contributed by atoms with Gasteiger partial charge in [0.25, 0.3) is 10.0 Å². The lowest BCUT2D eigenvalue weighted by molar-refractivity contribution is -0.140. The molecule has 1 fully saturated rings. The Morgan fingerprint density at radius 1 is 0.881 bits per heavy atom. The maximum Gasteiger partial charge on any atom is 0.264 e. The Balaban J connectivity index is 1.73. The molecule has 1 aliphatic rings. The van der Waals surface area contributed by atoms with Crippen LogP contribution in [-0.2, 0) is 26.2 Å². The minimum Gasteiger partial charge on any atom is -0.352 e. The van der Waals surface area contributed by atoms with Gasteiger partial charge in [-0.3, -0.25) is 13.9 Å². The molecule has 3 aromatic rings. The Morgan fingerprint density at radius 2 is 1.57 bits per heavy atom. The van der Waals surface area contributed by atoms with Crippen molar-refractivity contribution in [2.45, 2.75) is 89.7 Å². The highest BCUT2D eigenvalue weighted by molar-refractivity contribution is 7.92. The molecule has 1 aliphatic carbocycles. The highest BCUT2D eigenvalue weighted by Gasteiger charge is 2.35. The molecular weight excluding hydrogens is 546 g/mol. The van der Waals surface area contributed by atoms with Gasteiger partial charge < -0.3 is 10.2 Å². The largest absolute Gasteiger partial charge is 0.352 e. The fourth-order valence-electron chi connectivity index (χ4n) is 5.69. The van der Waals surface area contributed by atoms with E-state index in [0.29, 0.717) is 12.1 Å². The molecule has 0 aromatic heterocycles. The van der Waals surface area contributed by atoms with Crippen molar-refractivity contribution in [2.75, 3.05) is 10.8 Å². The molecule has 7 nitrogen and oxygen atoms in total. The third kappa shape index (κ3) is 7.59. The number of hydrogen-bond acceptors (Lipinski definition) is 4. The van der Waals surface area contributed by atoms with Crippen LogP contribution in [0.4, 0.5) is 5.69 Å². The number of anilines is 1. The van der Waals surface area contributed by atoms with E-state index in [9.17, 15) is 18.0 Å². The average Bonchev–Trinajstić information content (AvgIpc) is 2.98. The Morgan fingerprint density at radius 3 is 2.24 bits per heavy atom. The summed E-state index contributed by atoms with van der Waals surface area (Å²) in [5.74, 6) is -0.614. The van der Waals surface area contributed by atoms with Gasteiger partial charge in [0.15, 0.2) is 0 Å². The first-order valence-electron chi connectivity index (χ1n) is 14.9. The van der Waals surface area contributed by atoms with Crippen molar-refractivity contribution in [3.8, 4) is 0 Å². The Hall–Kier alpha value is -3.65. The summed E-state index contributed by atoms with van der Waals surface area (Å²) in [6.45, 7) is 7.38. The molecule has 0 bridgehead atoms. The zero-order chi connectivity index (χ0) is 30.3. The summed E-state index contributed by atoms with van der Waals surface area (Å²) < 4.78 is 29.3. The molecule has 0 unspecified atom stereocenters. The summed E-state index contributed by atoms with van der Waals surface area (Å²) in [5.41, 5.74) is 3.99. The SMILES string of the molecule is CC[C@H](C(=O)NC1CCCCC1)N(Cc1cccc(C)c1)C(=O)CN(c1cc(C)ccc1C)S(=O)(=O)c1ccccc1. The Labute approximate surface area is 251 Å². The second-order valence-corrected chi connectivity index (χ2v) is 13.3. The van der Waals surface area contributed by atoms with Crippen LogP contribution in [0.2, 0.25) is 0 Å². The second-order valence-electron chi connectivity index (χ2n) is 11.4. The fraction of sp³-hybridized carbons (Fsp3) is 0.412. The first kappa shape index (κ1) is 31.3. The van der Waals surface area contributed by atoms with E-state index in [4.69, 9.17) is 0 Å². The standard InChI is InChI=1S/C34H43N3O4S/c1-5-31(34(39)35-29-15-8-6-9-16-29)36(23-28-14-12-13-25(2)21-28)33(38)24-37(32-22-26(3)19-20-27(32)4)42(40,41)30-17-10-7-11-18-30/h7,10-14,17-22,29,31H,5-6,8-9,15-16,23-24H2,1-4H3,(H,35,39)/t31-/m1/s1. The second kappa shape index (κ2) is 14.0. The molecule has 8 heteroatoms. The van der Waals surface area contributed by atoms with Crippen molar-refractivity contribution in [1.29, 1.82) is 0 Å². The van der Waals surface area contributed by atoms with Gasteiger partial charge in [-0.05, 0) is 74.9 Å². The van der Waals surface area contributed by atoms with E-state index in [0.717, 1.165) is 47.9 Å².